The van der Waals surface area contributed by atoms with E-state index < -0.39 is 29.9 Å². The summed E-state index contributed by atoms with van der Waals surface area (Å²) in [7, 11) is 0. The lowest BCUT2D eigenvalue weighted by Gasteiger charge is -2.29. The maximum Gasteiger partial charge on any atom is 0.330 e. The normalized spacial score (nSPS) is 21.3. The van der Waals surface area contributed by atoms with Crippen molar-refractivity contribution in [2.45, 2.75) is 24.4 Å². The molecule has 0 saturated carbocycles. The third-order valence-corrected chi connectivity index (χ3v) is 5.34. The summed E-state index contributed by atoms with van der Waals surface area (Å²) in [5.74, 6) is -2.17. The predicted molar refractivity (Wildman–Crippen MR) is 134 cm³/mol. The molecule has 3 unspecified atom stereocenters. The Morgan fingerprint density at radius 3 is 1.41 bits per heavy atom. The van der Waals surface area contributed by atoms with Crippen LogP contribution in [0.25, 0.3) is 0 Å². The molecule has 0 radical (unpaired) electrons. The number of ether oxygens (including phenoxy) is 9. The van der Waals surface area contributed by atoms with Crippen LogP contribution < -0.4 is 0 Å². The Morgan fingerprint density at radius 2 is 1.10 bits per heavy atom. The number of aliphatic hydroxyl groups excluding tert-OH is 1. The summed E-state index contributed by atoms with van der Waals surface area (Å²) in [4.78, 5) is 33.3. The monoisotopic (exact) mass is 558 g/mol. The summed E-state index contributed by atoms with van der Waals surface area (Å²) >= 11 is 0. The van der Waals surface area contributed by atoms with Crippen molar-refractivity contribution in [3.8, 4) is 0 Å². The molecule has 3 saturated heterocycles. The molecule has 0 aromatic carbocycles. The molecule has 13 nitrogen and oxygen atoms in total. The Kier molecular flexibility index (Phi) is 14.9. The van der Waals surface area contributed by atoms with E-state index >= 15 is 0 Å². The fraction of sp³-hybridized carbons (Fsp3) is 0.654. The van der Waals surface area contributed by atoms with Gasteiger partial charge in [0.25, 0.3) is 0 Å². The van der Waals surface area contributed by atoms with Crippen LogP contribution >= 0.6 is 0 Å². The number of hydrogen-bond donors (Lipinski definition) is 1. The zero-order valence-corrected chi connectivity index (χ0v) is 22.0. The van der Waals surface area contributed by atoms with Crippen LogP contribution in [0.15, 0.2) is 38.0 Å². The second kappa shape index (κ2) is 17.8. The molecule has 1 N–H and O–H groups in total. The highest BCUT2D eigenvalue weighted by molar-refractivity contribution is 5.82. The number of rotatable bonds is 21. The van der Waals surface area contributed by atoms with E-state index in [1.54, 1.807) is 0 Å². The molecule has 0 amide bonds. The van der Waals surface area contributed by atoms with E-state index in [4.69, 9.17) is 42.6 Å². The van der Waals surface area contributed by atoms with Gasteiger partial charge in [-0.3, -0.25) is 0 Å². The second-order valence-electron chi connectivity index (χ2n) is 8.99. The number of carbonyl (C=O) groups is 3. The number of hydrogen-bond acceptors (Lipinski definition) is 13. The molecular weight excluding hydrogens is 520 g/mol. The summed E-state index contributed by atoms with van der Waals surface area (Å²) in [5.41, 5.74) is -1.28. The number of epoxide rings is 3. The zero-order chi connectivity index (χ0) is 28.5. The second-order valence-corrected chi connectivity index (χ2v) is 8.99. The van der Waals surface area contributed by atoms with Crippen LogP contribution in [0, 0.1) is 5.41 Å². The number of carbonyl (C=O) groups excluding carboxylic acids is 3. The molecule has 3 aliphatic heterocycles. The molecule has 0 bridgehead atoms. The van der Waals surface area contributed by atoms with Crippen molar-refractivity contribution in [3.63, 3.8) is 0 Å². The van der Waals surface area contributed by atoms with Crippen LogP contribution in [-0.2, 0) is 57.0 Å². The van der Waals surface area contributed by atoms with Gasteiger partial charge in [0.1, 0.15) is 44.2 Å². The van der Waals surface area contributed by atoms with Gasteiger partial charge in [0, 0.05) is 18.2 Å². The van der Waals surface area contributed by atoms with Crippen LogP contribution in [0.4, 0.5) is 0 Å². The maximum atomic E-state index is 11.1. The van der Waals surface area contributed by atoms with E-state index in [2.05, 4.69) is 19.7 Å². The van der Waals surface area contributed by atoms with Crippen LogP contribution in [0.3, 0.4) is 0 Å². The van der Waals surface area contributed by atoms with Crippen LogP contribution in [0.1, 0.15) is 0 Å². The first-order chi connectivity index (χ1) is 18.8. The van der Waals surface area contributed by atoms with E-state index in [0.29, 0.717) is 33.0 Å². The molecule has 3 heterocycles. The highest BCUT2D eigenvalue weighted by atomic mass is 16.6. The molecule has 3 rings (SSSR count). The highest BCUT2D eigenvalue weighted by Gasteiger charge is 2.35. The van der Waals surface area contributed by atoms with Crippen molar-refractivity contribution >= 4 is 17.9 Å². The van der Waals surface area contributed by atoms with Crippen molar-refractivity contribution in [2.75, 3.05) is 79.3 Å². The SMILES string of the molecule is C(OCC1CO1)C(COCC1CO1)OCC1CO1.C=CC(=O)OCC(CO)(COC(=O)C=C)COC(=O)C=C. The van der Waals surface area contributed by atoms with E-state index in [1.165, 1.54) is 0 Å². The predicted octanol–water partition coefficient (Wildman–Crippen LogP) is -0.246. The molecule has 0 aliphatic carbocycles. The van der Waals surface area contributed by atoms with E-state index in [1.807, 2.05) is 0 Å². The minimum absolute atomic E-state index is 0.0355. The van der Waals surface area contributed by atoms with Gasteiger partial charge in [-0.2, -0.15) is 0 Å². The minimum Gasteiger partial charge on any atom is -0.462 e. The Hall–Kier alpha value is -2.65. The number of aliphatic hydroxyl groups is 1. The van der Waals surface area contributed by atoms with Gasteiger partial charge < -0.3 is 47.7 Å². The summed E-state index contributed by atoms with van der Waals surface area (Å²) in [6, 6.07) is 0. The minimum atomic E-state index is -1.28. The third kappa shape index (κ3) is 15.5. The average Bonchev–Trinajstić information content (AvgIpc) is 3.79. The Bertz CT molecular complexity index is 724. The summed E-state index contributed by atoms with van der Waals surface area (Å²) < 4.78 is 46.6. The van der Waals surface area contributed by atoms with Gasteiger partial charge in [-0.05, 0) is 0 Å². The molecule has 39 heavy (non-hydrogen) atoms. The first kappa shape index (κ1) is 32.6. The standard InChI is InChI=1S/C14H18O7.C12H20O6/c1-4-11(16)19-8-14(7-15,9-20-12(17)5-2)10-21-13(18)6-3;1(13-3-10-5-16-10)9(15-7-12-8-18-12)2-14-4-11-6-17-11/h4-6,15H,1-3,7-10H2;9-12H,1-8H2. The van der Waals surface area contributed by atoms with Crippen LogP contribution in [0.2, 0.25) is 0 Å². The largest absolute Gasteiger partial charge is 0.462 e. The summed E-state index contributed by atoms with van der Waals surface area (Å²) in [6.45, 7) is 13.6. The Morgan fingerprint density at radius 1 is 0.744 bits per heavy atom. The highest BCUT2D eigenvalue weighted by Crippen LogP contribution is 2.20. The van der Waals surface area contributed by atoms with Crippen molar-refractivity contribution in [1.29, 1.82) is 0 Å². The lowest BCUT2D eigenvalue weighted by atomic mass is 9.92. The lowest BCUT2D eigenvalue weighted by molar-refractivity contribution is -0.159. The molecule has 3 aliphatic rings. The number of esters is 3. The van der Waals surface area contributed by atoms with Gasteiger partial charge in [-0.1, -0.05) is 19.7 Å². The molecule has 220 valence electrons. The first-order valence-corrected chi connectivity index (χ1v) is 12.4. The summed E-state index contributed by atoms with van der Waals surface area (Å²) in [5, 5.41) is 9.48. The van der Waals surface area contributed by atoms with Crippen LogP contribution in [-0.4, -0.2) is 127 Å². The Balaban J connectivity index is 0.000000275. The fourth-order valence-electron chi connectivity index (χ4n) is 2.65. The Labute approximate surface area is 227 Å². The quantitative estimate of drug-likeness (QED) is 0.0850. The summed E-state index contributed by atoms with van der Waals surface area (Å²) in [6.07, 6.45) is 3.63. The average molecular weight is 559 g/mol. The van der Waals surface area contributed by atoms with Crippen molar-refractivity contribution in [1.82, 2.24) is 0 Å². The molecule has 3 atom stereocenters. The van der Waals surface area contributed by atoms with Crippen molar-refractivity contribution in [3.05, 3.63) is 38.0 Å². The lowest BCUT2D eigenvalue weighted by Crippen LogP contribution is -2.42. The molecule has 3 fully saturated rings. The zero-order valence-electron chi connectivity index (χ0n) is 22.0. The third-order valence-electron chi connectivity index (χ3n) is 5.34. The van der Waals surface area contributed by atoms with E-state index in [9.17, 15) is 19.5 Å². The van der Waals surface area contributed by atoms with Gasteiger partial charge in [0.2, 0.25) is 0 Å². The van der Waals surface area contributed by atoms with Gasteiger partial charge in [-0.15, -0.1) is 0 Å². The maximum absolute atomic E-state index is 11.1. The van der Waals surface area contributed by atoms with Crippen molar-refractivity contribution in [2.24, 2.45) is 5.41 Å². The first-order valence-electron chi connectivity index (χ1n) is 12.4. The molecular formula is C26H38O13. The fourth-order valence-corrected chi connectivity index (χ4v) is 2.65. The van der Waals surface area contributed by atoms with Gasteiger partial charge in [0.15, 0.2) is 0 Å². The topological polar surface area (TPSA) is 164 Å². The smallest absolute Gasteiger partial charge is 0.330 e. The van der Waals surface area contributed by atoms with Crippen molar-refractivity contribution < 1.29 is 62.1 Å². The molecule has 13 heteroatoms. The van der Waals surface area contributed by atoms with Gasteiger partial charge in [-0.25, -0.2) is 14.4 Å². The van der Waals surface area contributed by atoms with Gasteiger partial charge in [0.05, 0.1) is 64.9 Å². The molecule has 0 aromatic rings. The van der Waals surface area contributed by atoms with E-state index in [0.717, 1.165) is 38.0 Å². The van der Waals surface area contributed by atoms with Gasteiger partial charge >= 0.3 is 17.9 Å². The van der Waals surface area contributed by atoms with Crippen LogP contribution in [0.5, 0.6) is 0 Å². The molecule has 0 aromatic heterocycles. The molecule has 0 spiro atoms. The van der Waals surface area contributed by atoms with E-state index in [-0.39, 0.29) is 44.2 Å².